The molecule has 0 unspecified atom stereocenters. The van der Waals surface area contributed by atoms with Crippen molar-refractivity contribution in [3.05, 3.63) is 59.1 Å². The summed E-state index contributed by atoms with van der Waals surface area (Å²) >= 11 is 5.86. The maximum atomic E-state index is 12.2. The maximum absolute atomic E-state index is 12.2. The molecule has 0 aliphatic carbocycles. The highest BCUT2D eigenvalue weighted by molar-refractivity contribution is 7.89. The first-order valence-electron chi connectivity index (χ1n) is 9.01. The average molecular weight is 425 g/mol. The number of hydrogen-bond donors (Lipinski definition) is 2. The Morgan fingerprint density at radius 2 is 1.68 bits per heavy atom. The monoisotopic (exact) mass is 424 g/mol. The fourth-order valence-electron chi connectivity index (χ4n) is 2.40. The van der Waals surface area contributed by atoms with Crippen molar-refractivity contribution in [3.63, 3.8) is 0 Å². The first kappa shape index (κ1) is 22.2. The van der Waals surface area contributed by atoms with Crippen molar-refractivity contribution in [1.82, 2.24) is 10.0 Å². The molecule has 0 saturated heterocycles. The number of hydrogen-bond acceptors (Lipinski definition) is 4. The van der Waals surface area contributed by atoms with E-state index in [1.807, 2.05) is 26.0 Å². The van der Waals surface area contributed by atoms with E-state index >= 15 is 0 Å². The fourth-order valence-corrected chi connectivity index (χ4v) is 3.85. The maximum Gasteiger partial charge on any atom is 0.258 e. The van der Waals surface area contributed by atoms with Crippen LogP contribution < -0.4 is 14.8 Å². The third kappa shape index (κ3) is 6.51. The van der Waals surface area contributed by atoms with Crippen molar-refractivity contribution in [2.45, 2.75) is 44.2 Å². The SMILES string of the molecule is CC[C@@H](C)NS(=O)(=O)c1ccc(OCC(=O)N[C@H](C)c2ccc(Cl)cc2)cc1. The van der Waals surface area contributed by atoms with E-state index in [0.717, 1.165) is 5.56 Å². The molecule has 6 nitrogen and oxygen atoms in total. The van der Waals surface area contributed by atoms with E-state index in [1.54, 1.807) is 19.1 Å². The van der Waals surface area contributed by atoms with Crippen molar-refractivity contribution in [2.24, 2.45) is 0 Å². The van der Waals surface area contributed by atoms with Crippen LogP contribution in [0.3, 0.4) is 0 Å². The number of carbonyl (C=O) groups is 1. The Balaban J connectivity index is 1.88. The Morgan fingerprint density at radius 1 is 1.07 bits per heavy atom. The van der Waals surface area contributed by atoms with Gasteiger partial charge in [-0.1, -0.05) is 30.7 Å². The molecular formula is C20H25ClN2O4S. The molecule has 0 bridgehead atoms. The van der Waals surface area contributed by atoms with E-state index in [4.69, 9.17) is 16.3 Å². The van der Waals surface area contributed by atoms with Crippen LogP contribution in [0.25, 0.3) is 0 Å². The van der Waals surface area contributed by atoms with E-state index < -0.39 is 10.0 Å². The number of rotatable bonds is 9. The lowest BCUT2D eigenvalue weighted by atomic mass is 10.1. The summed E-state index contributed by atoms with van der Waals surface area (Å²) in [5.41, 5.74) is 0.932. The highest BCUT2D eigenvalue weighted by Crippen LogP contribution is 2.18. The summed E-state index contributed by atoms with van der Waals surface area (Å²) in [5, 5.41) is 3.47. The predicted octanol–water partition coefficient (Wildman–Crippen LogP) is 3.67. The Labute approximate surface area is 171 Å². The summed E-state index contributed by atoms with van der Waals surface area (Å²) in [6.07, 6.45) is 0.698. The molecule has 2 N–H and O–H groups in total. The molecule has 0 aliphatic heterocycles. The molecule has 1 amide bonds. The third-order valence-electron chi connectivity index (χ3n) is 4.22. The van der Waals surface area contributed by atoms with Crippen LogP contribution in [0.2, 0.25) is 5.02 Å². The zero-order chi connectivity index (χ0) is 20.7. The number of halogens is 1. The summed E-state index contributed by atoms with van der Waals surface area (Å²) < 4.78 is 32.5. The first-order chi connectivity index (χ1) is 13.2. The molecule has 2 aromatic carbocycles. The van der Waals surface area contributed by atoms with Gasteiger partial charge in [-0.05, 0) is 62.2 Å². The van der Waals surface area contributed by atoms with Gasteiger partial charge in [-0.2, -0.15) is 0 Å². The van der Waals surface area contributed by atoms with Gasteiger partial charge in [0.05, 0.1) is 10.9 Å². The van der Waals surface area contributed by atoms with Crippen LogP contribution in [-0.4, -0.2) is 27.0 Å². The van der Waals surface area contributed by atoms with Crippen LogP contribution in [0, 0.1) is 0 Å². The quantitative estimate of drug-likeness (QED) is 0.643. The van der Waals surface area contributed by atoms with Crippen molar-refractivity contribution in [2.75, 3.05) is 6.61 Å². The number of carbonyl (C=O) groups excluding carboxylic acids is 1. The number of ether oxygens (including phenoxy) is 1. The first-order valence-corrected chi connectivity index (χ1v) is 10.9. The summed E-state index contributed by atoms with van der Waals surface area (Å²) in [7, 11) is -3.56. The average Bonchev–Trinajstić information content (AvgIpc) is 2.66. The lowest BCUT2D eigenvalue weighted by molar-refractivity contribution is -0.123. The lowest BCUT2D eigenvalue weighted by Gasteiger charge is -2.15. The second-order valence-electron chi connectivity index (χ2n) is 6.53. The van der Waals surface area contributed by atoms with Gasteiger partial charge in [0.1, 0.15) is 5.75 Å². The van der Waals surface area contributed by atoms with Gasteiger partial charge >= 0.3 is 0 Å². The molecule has 0 fully saturated rings. The van der Waals surface area contributed by atoms with E-state index in [1.165, 1.54) is 24.3 Å². The molecule has 2 atom stereocenters. The smallest absolute Gasteiger partial charge is 0.258 e. The summed E-state index contributed by atoms with van der Waals surface area (Å²) in [5.74, 6) is 0.134. The summed E-state index contributed by atoms with van der Waals surface area (Å²) in [6, 6.07) is 12.9. The fraction of sp³-hybridized carbons (Fsp3) is 0.350. The van der Waals surface area contributed by atoms with Crippen molar-refractivity contribution in [3.8, 4) is 5.75 Å². The van der Waals surface area contributed by atoms with Crippen molar-refractivity contribution in [1.29, 1.82) is 0 Å². The highest BCUT2D eigenvalue weighted by atomic mass is 35.5. The molecule has 152 valence electrons. The Bertz CT molecular complexity index is 883. The van der Waals surface area contributed by atoms with Crippen LogP contribution in [0.1, 0.15) is 38.8 Å². The Morgan fingerprint density at radius 3 is 2.25 bits per heavy atom. The van der Waals surface area contributed by atoms with E-state index in [-0.39, 0.29) is 29.5 Å². The Kier molecular flexibility index (Phi) is 7.86. The minimum atomic E-state index is -3.56. The molecule has 0 saturated carbocycles. The van der Waals surface area contributed by atoms with E-state index in [2.05, 4.69) is 10.0 Å². The minimum absolute atomic E-state index is 0.146. The minimum Gasteiger partial charge on any atom is -0.484 e. The van der Waals surface area contributed by atoms with Crippen LogP contribution >= 0.6 is 11.6 Å². The number of benzene rings is 2. The van der Waals surface area contributed by atoms with E-state index in [9.17, 15) is 13.2 Å². The van der Waals surface area contributed by atoms with Gasteiger partial charge in [0.25, 0.3) is 5.91 Å². The molecule has 0 radical (unpaired) electrons. The van der Waals surface area contributed by atoms with Gasteiger partial charge in [-0.25, -0.2) is 13.1 Å². The summed E-state index contributed by atoms with van der Waals surface area (Å²) in [4.78, 5) is 12.2. The number of nitrogens with one attached hydrogen (secondary N) is 2. The van der Waals surface area contributed by atoms with Gasteiger partial charge in [-0.3, -0.25) is 4.79 Å². The zero-order valence-electron chi connectivity index (χ0n) is 16.1. The van der Waals surface area contributed by atoms with Gasteiger partial charge < -0.3 is 10.1 Å². The molecule has 0 heterocycles. The molecule has 8 heteroatoms. The molecule has 0 aromatic heterocycles. The highest BCUT2D eigenvalue weighted by Gasteiger charge is 2.16. The van der Waals surface area contributed by atoms with Crippen LogP contribution in [0.5, 0.6) is 5.75 Å². The van der Waals surface area contributed by atoms with Crippen LogP contribution in [0.4, 0.5) is 0 Å². The normalized spacial score (nSPS) is 13.6. The molecule has 2 rings (SSSR count). The lowest BCUT2D eigenvalue weighted by Crippen LogP contribution is -2.32. The van der Waals surface area contributed by atoms with Crippen LogP contribution in [0.15, 0.2) is 53.4 Å². The standard InChI is InChI=1S/C20H25ClN2O4S/c1-4-14(2)23-28(25,26)19-11-9-18(10-12-19)27-13-20(24)22-15(3)16-5-7-17(21)8-6-16/h5-12,14-15,23H,4,13H2,1-3H3,(H,22,24)/t14-,15-/m1/s1. The molecule has 0 aliphatic rings. The largest absolute Gasteiger partial charge is 0.484 e. The molecular weight excluding hydrogens is 400 g/mol. The van der Waals surface area contributed by atoms with Crippen molar-refractivity contribution >= 4 is 27.5 Å². The predicted molar refractivity (Wildman–Crippen MR) is 110 cm³/mol. The second kappa shape index (κ2) is 9.91. The zero-order valence-corrected chi connectivity index (χ0v) is 17.7. The van der Waals surface area contributed by atoms with Gasteiger partial charge in [0.15, 0.2) is 6.61 Å². The number of sulfonamides is 1. The second-order valence-corrected chi connectivity index (χ2v) is 8.68. The molecule has 0 spiro atoms. The Hall–Kier alpha value is -2.09. The van der Waals surface area contributed by atoms with Gasteiger partial charge in [0.2, 0.25) is 10.0 Å². The van der Waals surface area contributed by atoms with Gasteiger partial charge in [-0.15, -0.1) is 0 Å². The van der Waals surface area contributed by atoms with E-state index in [0.29, 0.717) is 17.2 Å². The van der Waals surface area contributed by atoms with Gasteiger partial charge in [0, 0.05) is 11.1 Å². The van der Waals surface area contributed by atoms with Crippen molar-refractivity contribution < 1.29 is 17.9 Å². The van der Waals surface area contributed by atoms with Crippen LogP contribution in [-0.2, 0) is 14.8 Å². The molecule has 28 heavy (non-hydrogen) atoms. The topological polar surface area (TPSA) is 84.5 Å². The third-order valence-corrected chi connectivity index (χ3v) is 6.08. The number of amides is 1. The summed E-state index contributed by atoms with van der Waals surface area (Å²) in [6.45, 7) is 5.40. The molecule has 2 aromatic rings.